The van der Waals surface area contributed by atoms with Crippen molar-refractivity contribution in [1.29, 1.82) is 0 Å². The SMILES string of the molecule is C[S+]([O-])C=CCCC(=NOS(=O)(=O)O)SC1OC(CO)C(O)C(O)C1O. The third-order valence-electron chi connectivity index (χ3n) is 3.15. The Hall–Kier alpha value is -0.420. The molecule has 1 rings (SSSR count). The van der Waals surface area contributed by atoms with E-state index in [1.807, 2.05) is 0 Å². The van der Waals surface area contributed by atoms with E-state index in [0.717, 1.165) is 0 Å². The molecule has 0 radical (unpaired) electrons. The molecule has 0 bridgehead atoms. The average Bonchev–Trinajstić information content (AvgIpc) is 2.55. The summed E-state index contributed by atoms with van der Waals surface area (Å²) in [6, 6.07) is 0. The predicted octanol–water partition coefficient (Wildman–Crippen LogP) is -1.68. The van der Waals surface area contributed by atoms with E-state index in [-0.39, 0.29) is 17.9 Å². The first-order valence-corrected chi connectivity index (χ1v) is 11.1. The van der Waals surface area contributed by atoms with Crippen molar-refractivity contribution in [2.24, 2.45) is 5.16 Å². The Balaban J connectivity index is 2.85. The van der Waals surface area contributed by atoms with Crippen molar-refractivity contribution in [2.75, 3.05) is 12.9 Å². The highest BCUT2D eigenvalue weighted by atomic mass is 32.3. The zero-order chi connectivity index (χ0) is 19.9. The van der Waals surface area contributed by atoms with Crippen molar-refractivity contribution in [3.05, 3.63) is 11.5 Å². The summed E-state index contributed by atoms with van der Waals surface area (Å²) in [5, 5.41) is 43.3. The molecule has 0 amide bonds. The molecule has 0 aromatic rings. The van der Waals surface area contributed by atoms with Crippen LogP contribution in [0.1, 0.15) is 12.8 Å². The summed E-state index contributed by atoms with van der Waals surface area (Å²) in [6.07, 6.45) is -2.50. The van der Waals surface area contributed by atoms with Gasteiger partial charge in [0.05, 0.1) is 12.9 Å². The number of aliphatic hydroxyl groups excluding tert-OH is 4. The van der Waals surface area contributed by atoms with Crippen LogP contribution in [0.4, 0.5) is 0 Å². The minimum absolute atomic E-state index is 0.0292. The van der Waals surface area contributed by atoms with Crippen molar-refractivity contribution in [1.82, 2.24) is 0 Å². The van der Waals surface area contributed by atoms with E-state index in [9.17, 15) is 28.3 Å². The van der Waals surface area contributed by atoms with Gasteiger partial charge in [-0.3, -0.25) is 4.55 Å². The van der Waals surface area contributed by atoms with E-state index in [1.165, 1.54) is 11.7 Å². The first-order chi connectivity index (χ1) is 12.0. The maximum atomic E-state index is 11.0. The van der Waals surface area contributed by atoms with Crippen molar-refractivity contribution in [3.8, 4) is 0 Å². The van der Waals surface area contributed by atoms with Crippen LogP contribution in [0.15, 0.2) is 16.6 Å². The molecule has 1 heterocycles. The Kier molecular flexibility index (Phi) is 9.81. The summed E-state index contributed by atoms with van der Waals surface area (Å²) >= 11 is -0.489. The van der Waals surface area contributed by atoms with Crippen LogP contribution in [-0.4, -0.2) is 85.7 Å². The third kappa shape index (κ3) is 8.08. The van der Waals surface area contributed by atoms with Crippen molar-refractivity contribution in [3.63, 3.8) is 0 Å². The Labute approximate surface area is 157 Å². The predicted molar refractivity (Wildman–Crippen MR) is 93.9 cm³/mol. The average molecular weight is 435 g/mol. The third-order valence-corrected chi connectivity index (χ3v) is 5.16. The molecule has 1 aliphatic rings. The molecule has 11 nitrogen and oxygen atoms in total. The van der Waals surface area contributed by atoms with Crippen LogP contribution >= 0.6 is 11.8 Å². The number of allylic oxidation sites excluding steroid dienone is 1. The lowest BCUT2D eigenvalue weighted by Gasteiger charge is -2.39. The van der Waals surface area contributed by atoms with Gasteiger partial charge in [0, 0.05) is 6.42 Å². The van der Waals surface area contributed by atoms with Crippen LogP contribution in [0.2, 0.25) is 0 Å². The van der Waals surface area contributed by atoms with Crippen LogP contribution in [0.5, 0.6) is 0 Å². The number of aliphatic hydroxyl groups is 4. The maximum Gasteiger partial charge on any atom is 0.466 e. The normalized spacial score (nSPS) is 32.0. The van der Waals surface area contributed by atoms with Crippen molar-refractivity contribution in [2.45, 2.75) is 42.7 Å². The van der Waals surface area contributed by atoms with Gasteiger partial charge >= 0.3 is 10.4 Å². The van der Waals surface area contributed by atoms with E-state index in [0.29, 0.717) is 11.8 Å². The monoisotopic (exact) mass is 435 g/mol. The molecule has 0 saturated carbocycles. The Bertz CT molecular complexity index is 594. The van der Waals surface area contributed by atoms with Crippen LogP contribution in [0.3, 0.4) is 0 Å². The summed E-state index contributed by atoms with van der Waals surface area (Å²) in [5.41, 5.74) is -1.20. The highest BCUT2D eigenvalue weighted by Crippen LogP contribution is 2.30. The Morgan fingerprint density at radius 1 is 1.35 bits per heavy atom. The molecular weight excluding hydrogens is 414 g/mol. The molecular formula is C12H21NO10S3. The van der Waals surface area contributed by atoms with Gasteiger partial charge in [-0.2, -0.15) is 8.42 Å². The second-order valence-electron chi connectivity index (χ2n) is 5.21. The van der Waals surface area contributed by atoms with Crippen molar-refractivity contribution < 1.29 is 47.0 Å². The van der Waals surface area contributed by atoms with Crippen LogP contribution in [-0.2, 0) is 30.6 Å². The maximum absolute atomic E-state index is 11.0. The molecule has 1 fully saturated rings. The summed E-state index contributed by atoms with van der Waals surface area (Å²) in [7, 11) is -4.85. The van der Waals surface area contributed by atoms with Gasteiger partial charge in [-0.1, -0.05) is 16.9 Å². The quantitative estimate of drug-likeness (QED) is 0.0963. The van der Waals surface area contributed by atoms with E-state index in [2.05, 4.69) is 9.44 Å². The van der Waals surface area contributed by atoms with Gasteiger partial charge in [0.25, 0.3) is 0 Å². The Morgan fingerprint density at radius 3 is 2.54 bits per heavy atom. The molecule has 26 heavy (non-hydrogen) atoms. The van der Waals surface area contributed by atoms with E-state index < -0.39 is 58.0 Å². The number of oxime groups is 1. The lowest BCUT2D eigenvalue weighted by Crippen LogP contribution is -2.57. The van der Waals surface area contributed by atoms with E-state index >= 15 is 0 Å². The topological polar surface area (TPSA) is 189 Å². The molecule has 0 aromatic carbocycles. The number of rotatable bonds is 8. The standard InChI is InChI=1S/C12H21NO10S3/c1-25(18)5-3-2-4-8(13-23-26(19,20)21)24-12-11(17)10(16)9(15)7(6-14)22-12/h3,5,7,9-12,14-17H,2,4,6H2,1H3,(H,19,20,21). The highest BCUT2D eigenvalue weighted by molar-refractivity contribution is 8.14. The minimum atomic E-state index is -4.85. The number of thioether (sulfide) groups is 1. The smallest absolute Gasteiger partial charge is 0.466 e. The summed E-state index contributed by atoms with van der Waals surface area (Å²) in [4.78, 5) is 0. The molecule has 0 aromatic heterocycles. The van der Waals surface area contributed by atoms with Crippen LogP contribution < -0.4 is 0 Å². The minimum Gasteiger partial charge on any atom is -0.612 e. The lowest BCUT2D eigenvalue weighted by molar-refractivity contribution is -0.205. The zero-order valence-electron chi connectivity index (χ0n) is 13.6. The van der Waals surface area contributed by atoms with Crippen molar-refractivity contribution >= 4 is 38.4 Å². The molecule has 0 aliphatic carbocycles. The number of hydrogen-bond donors (Lipinski definition) is 5. The van der Waals surface area contributed by atoms with Gasteiger partial charge in [-0.05, 0) is 23.7 Å². The molecule has 5 N–H and O–H groups in total. The fourth-order valence-electron chi connectivity index (χ4n) is 1.92. The second-order valence-corrected chi connectivity index (χ2v) is 8.66. The van der Waals surface area contributed by atoms with Crippen LogP contribution in [0.25, 0.3) is 0 Å². The lowest BCUT2D eigenvalue weighted by atomic mass is 10.0. The van der Waals surface area contributed by atoms with E-state index in [1.54, 1.807) is 6.08 Å². The molecule has 14 heteroatoms. The molecule has 0 spiro atoms. The zero-order valence-corrected chi connectivity index (χ0v) is 16.1. The molecule has 6 atom stereocenters. The number of nitrogens with zero attached hydrogens (tertiary/aromatic N) is 1. The fourth-order valence-corrected chi connectivity index (χ4v) is 3.65. The van der Waals surface area contributed by atoms with E-state index in [4.69, 9.17) is 14.4 Å². The van der Waals surface area contributed by atoms with Gasteiger partial charge in [-0.15, -0.1) is 0 Å². The van der Waals surface area contributed by atoms with Gasteiger partial charge < -0.3 is 29.7 Å². The van der Waals surface area contributed by atoms with Gasteiger partial charge in [0.2, 0.25) is 0 Å². The first kappa shape index (κ1) is 23.6. The van der Waals surface area contributed by atoms with Crippen LogP contribution in [0, 0.1) is 0 Å². The number of ether oxygens (including phenoxy) is 1. The fraction of sp³-hybridized carbons (Fsp3) is 0.750. The van der Waals surface area contributed by atoms with Gasteiger partial charge in [0.15, 0.2) is 0 Å². The largest absolute Gasteiger partial charge is 0.612 e. The molecule has 1 saturated heterocycles. The molecule has 6 unspecified atom stereocenters. The second kappa shape index (κ2) is 10.8. The van der Waals surface area contributed by atoms with Gasteiger partial charge in [-0.25, -0.2) is 4.28 Å². The molecule has 1 aliphatic heterocycles. The number of hydrogen-bond acceptors (Lipinski definition) is 11. The Morgan fingerprint density at radius 2 is 2.00 bits per heavy atom. The summed E-state index contributed by atoms with van der Waals surface area (Å²) < 4.78 is 50.2. The highest BCUT2D eigenvalue weighted by Gasteiger charge is 2.44. The van der Waals surface area contributed by atoms with Gasteiger partial charge in [0.1, 0.15) is 40.3 Å². The first-order valence-electron chi connectivity index (χ1n) is 7.24. The summed E-state index contributed by atoms with van der Waals surface area (Å²) in [5.74, 6) is 0. The molecule has 152 valence electrons. The summed E-state index contributed by atoms with van der Waals surface area (Å²) in [6.45, 7) is -0.624.